The van der Waals surface area contributed by atoms with Crippen LogP contribution in [-0.4, -0.2) is 31.8 Å². The highest BCUT2D eigenvalue weighted by atomic mass is 32.1. The van der Waals surface area contributed by atoms with Gasteiger partial charge in [-0.05, 0) is 23.8 Å². The number of amides is 2. The normalized spacial score (nSPS) is 12.9. The number of phenols is 1. The van der Waals surface area contributed by atoms with E-state index in [9.17, 15) is 19.1 Å². The molecule has 0 saturated carbocycles. The van der Waals surface area contributed by atoms with Crippen LogP contribution in [0.25, 0.3) is 10.9 Å². The van der Waals surface area contributed by atoms with Crippen molar-refractivity contribution < 1.29 is 19.1 Å². The van der Waals surface area contributed by atoms with Crippen molar-refractivity contribution in [2.45, 2.75) is 19.6 Å². The van der Waals surface area contributed by atoms with Gasteiger partial charge < -0.3 is 15.3 Å². The molecule has 0 unspecified atom stereocenters. The van der Waals surface area contributed by atoms with E-state index in [-0.39, 0.29) is 48.2 Å². The number of carbonyl (C=O) groups is 2. The molecule has 3 heterocycles. The summed E-state index contributed by atoms with van der Waals surface area (Å²) in [7, 11) is 0. The molecule has 0 fully saturated rings. The Balaban J connectivity index is 1.55. The van der Waals surface area contributed by atoms with E-state index in [1.54, 1.807) is 30.5 Å². The lowest BCUT2D eigenvalue weighted by atomic mass is 9.96. The van der Waals surface area contributed by atoms with Crippen LogP contribution in [0, 0.1) is 5.82 Å². The van der Waals surface area contributed by atoms with E-state index < -0.39 is 5.91 Å². The monoisotopic (exact) mass is 448 g/mol. The van der Waals surface area contributed by atoms with Crippen LogP contribution in [0.3, 0.4) is 0 Å². The van der Waals surface area contributed by atoms with Crippen molar-refractivity contribution in [3.63, 3.8) is 0 Å². The fraction of sp³-hybridized carbons (Fsp3) is 0.130. The third kappa shape index (κ3) is 3.46. The zero-order chi connectivity index (χ0) is 22.2. The summed E-state index contributed by atoms with van der Waals surface area (Å²) >= 11 is 1.43. The third-order valence-corrected chi connectivity index (χ3v) is 6.17. The van der Waals surface area contributed by atoms with Gasteiger partial charge in [-0.3, -0.25) is 14.6 Å². The Morgan fingerprint density at radius 1 is 1.19 bits per heavy atom. The average molecular weight is 448 g/mol. The summed E-state index contributed by atoms with van der Waals surface area (Å²) in [6, 6.07) is 9.25. The number of fused-ring (bicyclic) bond motifs is 2. The van der Waals surface area contributed by atoms with Gasteiger partial charge in [-0.2, -0.15) is 0 Å². The van der Waals surface area contributed by atoms with Crippen molar-refractivity contribution in [2.24, 2.45) is 0 Å². The molecule has 1 aliphatic rings. The second kappa shape index (κ2) is 8.01. The first-order chi connectivity index (χ1) is 15.5. The van der Waals surface area contributed by atoms with Gasteiger partial charge in [0.25, 0.3) is 11.8 Å². The molecule has 9 heteroatoms. The highest BCUT2D eigenvalue weighted by Gasteiger charge is 2.36. The molecule has 0 atom stereocenters. The van der Waals surface area contributed by atoms with Crippen LogP contribution in [0.15, 0.2) is 54.2 Å². The van der Waals surface area contributed by atoms with E-state index in [2.05, 4.69) is 15.3 Å². The molecule has 0 bridgehead atoms. The van der Waals surface area contributed by atoms with Crippen molar-refractivity contribution in [3.8, 4) is 5.75 Å². The smallest absolute Gasteiger partial charge is 0.258 e. The molecule has 0 saturated heterocycles. The second-order valence-corrected chi connectivity index (χ2v) is 8.35. The van der Waals surface area contributed by atoms with E-state index in [1.165, 1.54) is 34.6 Å². The molecule has 32 heavy (non-hydrogen) atoms. The van der Waals surface area contributed by atoms with Crippen molar-refractivity contribution in [2.75, 3.05) is 0 Å². The Morgan fingerprint density at radius 2 is 2.00 bits per heavy atom. The minimum absolute atomic E-state index is 0.0812. The first kappa shape index (κ1) is 20.1. The first-order valence-electron chi connectivity index (χ1n) is 9.85. The lowest BCUT2D eigenvalue weighted by molar-refractivity contribution is 0.0763. The summed E-state index contributed by atoms with van der Waals surface area (Å²) in [5.41, 5.74) is 1.78. The number of hydrogen-bond donors (Lipinski definition) is 2. The Hall–Kier alpha value is -3.85. The maximum absolute atomic E-state index is 13.3. The number of nitrogens with zero attached hydrogens (tertiary/aromatic N) is 3. The summed E-state index contributed by atoms with van der Waals surface area (Å²) in [4.78, 5) is 36.3. The number of rotatable bonds is 5. The van der Waals surface area contributed by atoms with E-state index in [1.807, 2.05) is 5.38 Å². The Kier molecular flexibility index (Phi) is 5.02. The maximum atomic E-state index is 13.3. The number of phenolic OH excluding ortho intramolecular Hbond substituents is 1. The SMILES string of the molecule is O=C(NCc1nccs1)c1c2c(c(O)c3ncccc13)C(=O)N(Cc1ccc(F)cc1)C2. The number of benzene rings is 2. The molecular formula is C23H17FN4O3S. The molecule has 5 rings (SSSR count). The van der Waals surface area contributed by atoms with Gasteiger partial charge in [0, 0.05) is 41.8 Å². The molecule has 2 N–H and O–H groups in total. The van der Waals surface area contributed by atoms with Crippen LogP contribution in [0.5, 0.6) is 5.75 Å². The number of aromatic hydroxyl groups is 1. The van der Waals surface area contributed by atoms with Gasteiger partial charge in [-0.1, -0.05) is 18.2 Å². The number of nitrogens with one attached hydrogen (secondary N) is 1. The molecule has 0 radical (unpaired) electrons. The molecular weight excluding hydrogens is 431 g/mol. The molecule has 0 aliphatic carbocycles. The number of carbonyl (C=O) groups excluding carboxylic acids is 2. The predicted octanol–water partition coefficient (Wildman–Crippen LogP) is 3.62. The highest BCUT2D eigenvalue weighted by Crippen LogP contribution is 2.40. The van der Waals surface area contributed by atoms with Crippen LogP contribution < -0.4 is 5.32 Å². The van der Waals surface area contributed by atoms with E-state index in [0.717, 1.165) is 10.6 Å². The average Bonchev–Trinajstić information content (AvgIpc) is 3.43. The largest absolute Gasteiger partial charge is 0.505 e. The summed E-state index contributed by atoms with van der Waals surface area (Å²) < 4.78 is 13.3. The molecule has 1 aliphatic heterocycles. The van der Waals surface area contributed by atoms with Crippen molar-refractivity contribution in [1.29, 1.82) is 0 Å². The Labute approximate surface area is 186 Å². The van der Waals surface area contributed by atoms with Crippen LogP contribution in [-0.2, 0) is 19.6 Å². The van der Waals surface area contributed by atoms with E-state index >= 15 is 0 Å². The van der Waals surface area contributed by atoms with Crippen LogP contribution in [0.4, 0.5) is 4.39 Å². The van der Waals surface area contributed by atoms with Gasteiger partial charge in [-0.15, -0.1) is 11.3 Å². The van der Waals surface area contributed by atoms with Crippen LogP contribution in [0.1, 0.15) is 36.9 Å². The molecule has 2 aromatic carbocycles. The zero-order valence-electron chi connectivity index (χ0n) is 16.7. The topological polar surface area (TPSA) is 95.4 Å². The summed E-state index contributed by atoms with van der Waals surface area (Å²) in [6.45, 7) is 0.613. The minimum atomic E-state index is -0.400. The van der Waals surface area contributed by atoms with Crippen LogP contribution >= 0.6 is 11.3 Å². The van der Waals surface area contributed by atoms with Gasteiger partial charge in [0.1, 0.15) is 16.3 Å². The van der Waals surface area contributed by atoms with Gasteiger partial charge in [-0.25, -0.2) is 9.37 Å². The van der Waals surface area contributed by atoms with Gasteiger partial charge in [0.15, 0.2) is 5.75 Å². The quantitative estimate of drug-likeness (QED) is 0.486. The summed E-state index contributed by atoms with van der Waals surface area (Å²) in [5, 5.41) is 16.8. The van der Waals surface area contributed by atoms with Crippen molar-refractivity contribution in [1.82, 2.24) is 20.2 Å². The number of hydrogen-bond acceptors (Lipinski definition) is 6. The Morgan fingerprint density at radius 3 is 2.75 bits per heavy atom. The maximum Gasteiger partial charge on any atom is 0.258 e. The highest BCUT2D eigenvalue weighted by molar-refractivity contribution is 7.09. The molecule has 2 amide bonds. The minimum Gasteiger partial charge on any atom is -0.505 e. The fourth-order valence-corrected chi connectivity index (χ4v) is 4.49. The van der Waals surface area contributed by atoms with Gasteiger partial charge in [0.2, 0.25) is 0 Å². The zero-order valence-corrected chi connectivity index (χ0v) is 17.5. The van der Waals surface area contributed by atoms with Crippen molar-refractivity contribution >= 4 is 34.1 Å². The number of halogens is 1. The van der Waals surface area contributed by atoms with Gasteiger partial charge in [0.05, 0.1) is 17.7 Å². The number of thiazole rings is 1. The first-order valence-corrected chi connectivity index (χ1v) is 10.7. The summed E-state index contributed by atoms with van der Waals surface area (Å²) in [5.74, 6) is -1.37. The number of pyridine rings is 1. The molecule has 7 nitrogen and oxygen atoms in total. The fourth-order valence-electron chi connectivity index (χ4n) is 3.94. The molecule has 2 aromatic heterocycles. The third-order valence-electron chi connectivity index (χ3n) is 5.39. The van der Waals surface area contributed by atoms with Gasteiger partial charge >= 0.3 is 0 Å². The number of aromatic nitrogens is 2. The second-order valence-electron chi connectivity index (χ2n) is 7.37. The lowest BCUT2D eigenvalue weighted by Gasteiger charge is -2.16. The van der Waals surface area contributed by atoms with E-state index in [4.69, 9.17) is 0 Å². The lowest BCUT2D eigenvalue weighted by Crippen LogP contribution is -2.25. The molecule has 4 aromatic rings. The van der Waals surface area contributed by atoms with Crippen LogP contribution in [0.2, 0.25) is 0 Å². The predicted molar refractivity (Wildman–Crippen MR) is 117 cm³/mol. The summed E-state index contributed by atoms with van der Waals surface area (Å²) in [6.07, 6.45) is 3.16. The standard InChI is InChI=1S/C23H17FN4O3S/c24-14-5-3-13(4-6-14)11-28-12-16-18(22(30)27-10-17-25-8-9-32-17)15-2-1-7-26-20(15)21(29)19(16)23(28)31/h1-9,29H,10-12H2,(H,27,30). The van der Waals surface area contributed by atoms with E-state index in [0.29, 0.717) is 16.5 Å². The molecule has 0 spiro atoms. The molecule has 160 valence electrons. The van der Waals surface area contributed by atoms with Crippen molar-refractivity contribution in [3.05, 3.63) is 87.3 Å². The Bertz CT molecular complexity index is 1340.